The van der Waals surface area contributed by atoms with E-state index in [1.54, 1.807) is 29.6 Å². The molecule has 202 valence electrons. The number of methoxy groups -OCH3 is 1. The molecule has 0 bridgehead atoms. The second kappa shape index (κ2) is 11.9. The molecule has 5 nitrogen and oxygen atoms in total. The van der Waals surface area contributed by atoms with Gasteiger partial charge in [-0.25, -0.2) is 8.42 Å². The van der Waals surface area contributed by atoms with Crippen molar-refractivity contribution in [3.8, 4) is 5.75 Å². The fourth-order valence-electron chi connectivity index (χ4n) is 6.12. The van der Waals surface area contributed by atoms with Crippen LogP contribution in [-0.4, -0.2) is 45.6 Å². The Morgan fingerprint density at radius 3 is 2.18 bits per heavy atom. The highest BCUT2D eigenvalue weighted by atomic mass is 35.5. The number of likely N-dealkylation sites (tertiary alicyclic amines) is 1. The standard InChI is InChI=1S/C30H34Cl2N2O3S/c1-37-25-13-11-23(12-14-25)34(38(35,36)26-15-16-28(31)29(32)21-26)24-17-19-33(20-18-24)30-10-6-5-9-27(30)22-7-3-2-4-8-22/h2-4,7-8,11-16,21,24,27,30H,5-6,9-10,17-20H2,1H3. The maximum absolute atomic E-state index is 14.0. The highest BCUT2D eigenvalue weighted by molar-refractivity contribution is 7.92. The van der Waals surface area contributed by atoms with E-state index in [0.29, 0.717) is 28.4 Å². The number of nitrogens with zero attached hydrogens (tertiary/aromatic N) is 2. The van der Waals surface area contributed by atoms with Crippen LogP contribution in [0.3, 0.4) is 0 Å². The van der Waals surface area contributed by atoms with Gasteiger partial charge in [0.2, 0.25) is 0 Å². The number of ether oxygens (including phenoxy) is 1. The Hall–Kier alpha value is -2.25. The zero-order valence-corrected chi connectivity index (χ0v) is 23.9. The lowest BCUT2D eigenvalue weighted by atomic mass is 9.78. The summed E-state index contributed by atoms with van der Waals surface area (Å²) in [6, 6.07) is 22.9. The summed E-state index contributed by atoms with van der Waals surface area (Å²) in [6.07, 6.45) is 6.42. The molecule has 0 spiro atoms. The molecule has 5 rings (SSSR count). The minimum atomic E-state index is -3.88. The fraction of sp³-hybridized carbons (Fsp3) is 0.400. The second-order valence-electron chi connectivity index (χ2n) is 10.2. The molecule has 0 N–H and O–H groups in total. The highest BCUT2D eigenvalue weighted by Crippen LogP contribution is 2.39. The third-order valence-corrected chi connectivity index (χ3v) is 10.6. The van der Waals surface area contributed by atoms with Gasteiger partial charge in [0.05, 0.1) is 27.7 Å². The molecule has 1 aliphatic carbocycles. The van der Waals surface area contributed by atoms with Crippen LogP contribution in [-0.2, 0) is 10.0 Å². The molecule has 3 aromatic rings. The van der Waals surface area contributed by atoms with Crippen LogP contribution >= 0.6 is 23.2 Å². The molecule has 8 heteroatoms. The van der Waals surface area contributed by atoms with Crippen molar-refractivity contribution >= 4 is 38.9 Å². The molecule has 0 amide bonds. The van der Waals surface area contributed by atoms with Gasteiger partial charge in [-0.2, -0.15) is 0 Å². The van der Waals surface area contributed by atoms with Crippen molar-refractivity contribution in [1.82, 2.24) is 4.90 Å². The van der Waals surface area contributed by atoms with E-state index >= 15 is 0 Å². The molecule has 38 heavy (non-hydrogen) atoms. The lowest BCUT2D eigenvalue weighted by Gasteiger charge is -2.45. The first-order valence-electron chi connectivity index (χ1n) is 13.3. The molecule has 2 atom stereocenters. The molecule has 1 saturated heterocycles. The number of halogens is 2. The van der Waals surface area contributed by atoms with E-state index < -0.39 is 10.0 Å². The van der Waals surface area contributed by atoms with Gasteiger partial charge in [-0.1, -0.05) is 66.4 Å². The molecular formula is C30H34Cl2N2O3S. The van der Waals surface area contributed by atoms with Gasteiger partial charge in [-0.3, -0.25) is 9.21 Å². The average molecular weight is 574 g/mol. The number of rotatable bonds is 7. The molecule has 0 radical (unpaired) electrons. The summed E-state index contributed by atoms with van der Waals surface area (Å²) >= 11 is 12.3. The van der Waals surface area contributed by atoms with E-state index in [1.165, 1.54) is 43.4 Å². The maximum atomic E-state index is 14.0. The molecule has 0 aromatic heterocycles. The second-order valence-corrected chi connectivity index (χ2v) is 12.8. The smallest absolute Gasteiger partial charge is 0.264 e. The average Bonchev–Trinajstić information content (AvgIpc) is 2.96. The Morgan fingerprint density at radius 1 is 0.842 bits per heavy atom. The fourth-order valence-corrected chi connectivity index (χ4v) is 8.21. The van der Waals surface area contributed by atoms with Crippen LogP contribution in [0.1, 0.15) is 50.0 Å². The molecular weight excluding hydrogens is 539 g/mol. The van der Waals surface area contributed by atoms with Gasteiger partial charge in [0, 0.05) is 25.2 Å². The summed E-state index contributed by atoms with van der Waals surface area (Å²) in [5.41, 5.74) is 2.04. The largest absolute Gasteiger partial charge is 0.497 e. The van der Waals surface area contributed by atoms with Gasteiger partial charge in [0.15, 0.2) is 0 Å². The Morgan fingerprint density at radius 2 is 1.53 bits per heavy atom. The van der Waals surface area contributed by atoms with Gasteiger partial charge in [-0.15, -0.1) is 0 Å². The molecule has 1 saturated carbocycles. The van der Waals surface area contributed by atoms with E-state index in [9.17, 15) is 8.42 Å². The van der Waals surface area contributed by atoms with Gasteiger partial charge in [-0.05, 0) is 79.6 Å². The number of hydrogen-bond acceptors (Lipinski definition) is 4. The van der Waals surface area contributed by atoms with Crippen LogP contribution in [0.4, 0.5) is 5.69 Å². The Bertz CT molecular complexity index is 1330. The van der Waals surface area contributed by atoms with Gasteiger partial charge >= 0.3 is 0 Å². The Kier molecular flexibility index (Phi) is 8.53. The minimum Gasteiger partial charge on any atom is -0.497 e. The molecule has 2 unspecified atom stereocenters. The van der Waals surface area contributed by atoms with Crippen LogP contribution in [0.15, 0.2) is 77.7 Å². The third-order valence-electron chi connectivity index (χ3n) is 8.03. The first kappa shape index (κ1) is 27.3. The van der Waals surface area contributed by atoms with Crippen LogP contribution in [0, 0.1) is 0 Å². The zero-order chi connectivity index (χ0) is 26.7. The van der Waals surface area contributed by atoms with Gasteiger partial charge in [0.25, 0.3) is 10.0 Å². The van der Waals surface area contributed by atoms with Gasteiger partial charge < -0.3 is 4.74 Å². The minimum absolute atomic E-state index is 0.140. The van der Waals surface area contributed by atoms with Crippen LogP contribution < -0.4 is 9.04 Å². The van der Waals surface area contributed by atoms with E-state index in [2.05, 4.69) is 35.2 Å². The summed E-state index contributed by atoms with van der Waals surface area (Å²) < 4.78 is 35.0. The summed E-state index contributed by atoms with van der Waals surface area (Å²) in [5.74, 6) is 1.21. The Labute approximate surface area is 236 Å². The van der Waals surface area contributed by atoms with Crippen molar-refractivity contribution in [1.29, 1.82) is 0 Å². The number of sulfonamides is 1. The molecule has 2 aliphatic rings. The normalized spacial score (nSPS) is 21.2. The summed E-state index contributed by atoms with van der Waals surface area (Å²) in [7, 11) is -2.28. The highest BCUT2D eigenvalue weighted by Gasteiger charge is 2.38. The first-order valence-corrected chi connectivity index (χ1v) is 15.5. The Balaban J connectivity index is 1.41. The third kappa shape index (κ3) is 5.69. The maximum Gasteiger partial charge on any atom is 0.264 e. The molecule has 1 aliphatic heterocycles. The van der Waals surface area contributed by atoms with Crippen molar-refractivity contribution < 1.29 is 13.2 Å². The van der Waals surface area contributed by atoms with E-state index in [4.69, 9.17) is 27.9 Å². The van der Waals surface area contributed by atoms with E-state index in [0.717, 1.165) is 25.9 Å². The quantitative estimate of drug-likeness (QED) is 0.296. The summed E-state index contributed by atoms with van der Waals surface area (Å²) in [5, 5.41) is 0.553. The number of piperidine rings is 1. The first-order chi connectivity index (χ1) is 18.4. The zero-order valence-electron chi connectivity index (χ0n) is 21.6. The van der Waals surface area contributed by atoms with Crippen molar-refractivity contribution in [2.75, 3.05) is 24.5 Å². The van der Waals surface area contributed by atoms with Gasteiger partial charge in [0.1, 0.15) is 5.75 Å². The topological polar surface area (TPSA) is 49.9 Å². The number of anilines is 1. The van der Waals surface area contributed by atoms with Crippen molar-refractivity contribution in [3.05, 3.63) is 88.4 Å². The van der Waals surface area contributed by atoms with E-state index in [-0.39, 0.29) is 16.0 Å². The van der Waals surface area contributed by atoms with Crippen molar-refractivity contribution in [3.63, 3.8) is 0 Å². The van der Waals surface area contributed by atoms with Crippen LogP contribution in [0.5, 0.6) is 5.75 Å². The number of hydrogen-bond donors (Lipinski definition) is 0. The summed E-state index contributed by atoms with van der Waals surface area (Å²) in [6.45, 7) is 1.73. The van der Waals surface area contributed by atoms with E-state index in [1.807, 2.05) is 12.1 Å². The predicted molar refractivity (Wildman–Crippen MR) is 155 cm³/mol. The van der Waals surface area contributed by atoms with Crippen LogP contribution in [0.25, 0.3) is 0 Å². The SMILES string of the molecule is COc1ccc(N(C2CCN(C3CCCCC3c3ccccc3)CC2)S(=O)(=O)c2ccc(Cl)c(Cl)c2)cc1. The number of benzene rings is 3. The predicted octanol–water partition coefficient (Wildman–Crippen LogP) is 7.39. The molecule has 2 fully saturated rings. The lowest BCUT2D eigenvalue weighted by molar-refractivity contribution is 0.107. The van der Waals surface area contributed by atoms with Crippen molar-refractivity contribution in [2.45, 2.75) is 61.4 Å². The van der Waals surface area contributed by atoms with Crippen molar-refractivity contribution in [2.24, 2.45) is 0 Å². The lowest BCUT2D eigenvalue weighted by Crippen LogP contribution is -2.51. The molecule has 1 heterocycles. The van der Waals surface area contributed by atoms with Crippen LogP contribution in [0.2, 0.25) is 10.0 Å². The monoisotopic (exact) mass is 572 g/mol. The summed E-state index contributed by atoms with van der Waals surface area (Å²) in [4.78, 5) is 2.74. The molecule has 3 aromatic carbocycles.